The van der Waals surface area contributed by atoms with Crippen LogP contribution in [0.15, 0.2) is 24.3 Å². The summed E-state index contributed by atoms with van der Waals surface area (Å²) in [5.41, 5.74) is 1.14. The van der Waals surface area contributed by atoms with E-state index in [9.17, 15) is 9.59 Å². The zero-order valence-corrected chi connectivity index (χ0v) is 11.6. The highest BCUT2D eigenvalue weighted by Gasteiger charge is 2.26. The minimum atomic E-state index is -0.358. The van der Waals surface area contributed by atoms with Crippen LogP contribution >= 0.6 is 0 Å². The Morgan fingerprint density at radius 2 is 2.15 bits per heavy atom. The molecule has 108 valence electrons. The van der Waals surface area contributed by atoms with E-state index in [0.717, 1.165) is 17.7 Å². The molecule has 1 aliphatic rings. The lowest BCUT2D eigenvalue weighted by Gasteiger charge is -2.11. The topological polar surface area (TPSA) is 67.4 Å². The standard InChI is InChI=1S/C15H20N2O3/c1-2-20-12-5-3-11(4-6-12)9-10-16-15(19)13-7-8-14(18)17-13/h3-6,13H,2,7-10H2,1H3,(H,16,19)(H,17,18). The molecule has 1 saturated heterocycles. The predicted molar refractivity (Wildman–Crippen MR) is 75.5 cm³/mol. The summed E-state index contributed by atoms with van der Waals surface area (Å²) in [6.45, 7) is 3.17. The summed E-state index contributed by atoms with van der Waals surface area (Å²) in [5.74, 6) is 0.715. The van der Waals surface area contributed by atoms with Crippen LogP contribution in [-0.2, 0) is 16.0 Å². The average Bonchev–Trinajstić information content (AvgIpc) is 2.88. The lowest BCUT2D eigenvalue weighted by molar-refractivity contribution is -0.125. The quantitative estimate of drug-likeness (QED) is 0.815. The largest absolute Gasteiger partial charge is 0.494 e. The average molecular weight is 276 g/mol. The summed E-state index contributed by atoms with van der Waals surface area (Å²) in [6, 6.07) is 7.49. The molecule has 0 aliphatic carbocycles. The minimum absolute atomic E-state index is 0.0448. The SMILES string of the molecule is CCOc1ccc(CCNC(=O)C2CCC(=O)N2)cc1. The van der Waals surface area contributed by atoms with E-state index in [2.05, 4.69) is 10.6 Å². The fraction of sp³-hybridized carbons (Fsp3) is 0.467. The highest BCUT2D eigenvalue weighted by Crippen LogP contribution is 2.12. The van der Waals surface area contributed by atoms with E-state index in [4.69, 9.17) is 4.74 Å². The predicted octanol–water partition coefficient (Wildman–Crippen LogP) is 1.02. The van der Waals surface area contributed by atoms with Gasteiger partial charge in [0.15, 0.2) is 0 Å². The summed E-state index contributed by atoms with van der Waals surface area (Å²) in [6.07, 6.45) is 1.80. The molecule has 1 aliphatic heterocycles. The van der Waals surface area contributed by atoms with Gasteiger partial charge in [-0.2, -0.15) is 0 Å². The molecule has 5 nitrogen and oxygen atoms in total. The Morgan fingerprint density at radius 1 is 1.40 bits per heavy atom. The van der Waals surface area contributed by atoms with Crippen molar-refractivity contribution < 1.29 is 14.3 Å². The molecular formula is C15H20N2O3. The van der Waals surface area contributed by atoms with Crippen LogP contribution in [-0.4, -0.2) is 31.0 Å². The molecule has 0 aromatic heterocycles. The van der Waals surface area contributed by atoms with Gasteiger partial charge in [0, 0.05) is 13.0 Å². The summed E-state index contributed by atoms with van der Waals surface area (Å²) < 4.78 is 5.37. The van der Waals surface area contributed by atoms with Gasteiger partial charge in [-0.3, -0.25) is 9.59 Å². The second kappa shape index (κ2) is 6.93. The molecule has 1 atom stereocenters. The smallest absolute Gasteiger partial charge is 0.242 e. The van der Waals surface area contributed by atoms with Crippen molar-refractivity contribution in [2.75, 3.05) is 13.2 Å². The van der Waals surface area contributed by atoms with Gasteiger partial charge in [0.25, 0.3) is 0 Å². The van der Waals surface area contributed by atoms with Gasteiger partial charge in [-0.15, -0.1) is 0 Å². The molecular weight excluding hydrogens is 256 g/mol. The fourth-order valence-electron chi connectivity index (χ4n) is 2.18. The maximum absolute atomic E-state index is 11.8. The maximum atomic E-state index is 11.8. The van der Waals surface area contributed by atoms with Gasteiger partial charge in [-0.1, -0.05) is 12.1 Å². The number of benzene rings is 1. The number of carbonyl (C=O) groups excluding carboxylic acids is 2. The minimum Gasteiger partial charge on any atom is -0.494 e. The molecule has 1 heterocycles. The Kier molecular flexibility index (Phi) is 4.98. The summed E-state index contributed by atoms with van der Waals surface area (Å²) in [5, 5.41) is 5.50. The van der Waals surface area contributed by atoms with E-state index >= 15 is 0 Å². The van der Waals surface area contributed by atoms with Crippen molar-refractivity contribution in [1.29, 1.82) is 0 Å². The Labute approximate surface area is 118 Å². The van der Waals surface area contributed by atoms with Crippen molar-refractivity contribution in [3.05, 3.63) is 29.8 Å². The zero-order valence-electron chi connectivity index (χ0n) is 11.6. The third-order valence-corrected chi connectivity index (χ3v) is 3.26. The van der Waals surface area contributed by atoms with Crippen LogP contribution in [0.5, 0.6) is 5.75 Å². The number of ether oxygens (including phenoxy) is 1. The number of hydrogen-bond acceptors (Lipinski definition) is 3. The molecule has 2 N–H and O–H groups in total. The van der Waals surface area contributed by atoms with Gasteiger partial charge in [0.1, 0.15) is 11.8 Å². The van der Waals surface area contributed by atoms with Crippen molar-refractivity contribution >= 4 is 11.8 Å². The van der Waals surface area contributed by atoms with Crippen LogP contribution in [0, 0.1) is 0 Å². The molecule has 0 bridgehead atoms. The Bertz CT molecular complexity index is 471. The number of amides is 2. The fourth-order valence-corrected chi connectivity index (χ4v) is 2.18. The molecule has 5 heteroatoms. The summed E-state index contributed by atoms with van der Waals surface area (Å²) in [7, 11) is 0. The Hall–Kier alpha value is -2.04. The van der Waals surface area contributed by atoms with Gasteiger partial charge in [-0.05, 0) is 37.5 Å². The van der Waals surface area contributed by atoms with Crippen molar-refractivity contribution in [2.45, 2.75) is 32.2 Å². The van der Waals surface area contributed by atoms with Gasteiger partial charge in [0.2, 0.25) is 11.8 Å². The lowest BCUT2D eigenvalue weighted by Crippen LogP contribution is -2.42. The first-order valence-corrected chi connectivity index (χ1v) is 6.98. The number of nitrogens with one attached hydrogen (secondary N) is 2. The molecule has 2 amide bonds. The van der Waals surface area contributed by atoms with E-state index in [1.807, 2.05) is 31.2 Å². The molecule has 1 unspecified atom stereocenters. The van der Waals surface area contributed by atoms with E-state index in [-0.39, 0.29) is 17.9 Å². The third-order valence-electron chi connectivity index (χ3n) is 3.26. The lowest BCUT2D eigenvalue weighted by atomic mass is 10.1. The normalized spacial score (nSPS) is 17.6. The second-order valence-corrected chi connectivity index (χ2v) is 4.78. The number of hydrogen-bond donors (Lipinski definition) is 2. The number of rotatable bonds is 6. The molecule has 1 fully saturated rings. The third kappa shape index (κ3) is 3.98. The highest BCUT2D eigenvalue weighted by atomic mass is 16.5. The van der Waals surface area contributed by atoms with Gasteiger partial charge < -0.3 is 15.4 Å². The van der Waals surface area contributed by atoms with Crippen LogP contribution in [0.2, 0.25) is 0 Å². The van der Waals surface area contributed by atoms with Crippen LogP contribution in [0.1, 0.15) is 25.3 Å². The Morgan fingerprint density at radius 3 is 2.75 bits per heavy atom. The first kappa shape index (κ1) is 14.4. The van der Waals surface area contributed by atoms with Crippen molar-refractivity contribution in [3.63, 3.8) is 0 Å². The maximum Gasteiger partial charge on any atom is 0.242 e. The first-order chi connectivity index (χ1) is 9.69. The van der Waals surface area contributed by atoms with Crippen LogP contribution < -0.4 is 15.4 Å². The molecule has 0 spiro atoms. The monoisotopic (exact) mass is 276 g/mol. The molecule has 0 saturated carbocycles. The molecule has 1 aromatic rings. The van der Waals surface area contributed by atoms with E-state index in [1.165, 1.54) is 0 Å². The second-order valence-electron chi connectivity index (χ2n) is 4.78. The first-order valence-electron chi connectivity index (χ1n) is 6.98. The van der Waals surface area contributed by atoms with Crippen LogP contribution in [0.4, 0.5) is 0 Å². The van der Waals surface area contributed by atoms with E-state index in [1.54, 1.807) is 0 Å². The zero-order chi connectivity index (χ0) is 14.4. The van der Waals surface area contributed by atoms with Gasteiger partial charge >= 0.3 is 0 Å². The summed E-state index contributed by atoms with van der Waals surface area (Å²) >= 11 is 0. The molecule has 1 aromatic carbocycles. The van der Waals surface area contributed by atoms with Crippen molar-refractivity contribution in [3.8, 4) is 5.75 Å². The van der Waals surface area contributed by atoms with Gasteiger partial charge in [-0.25, -0.2) is 0 Å². The van der Waals surface area contributed by atoms with E-state index in [0.29, 0.717) is 26.0 Å². The van der Waals surface area contributed by atoms with Crippen molar-refractivity contribution in [2.24, 2.45) is 0 Å². The van der Waals surface area contributed by atoms with E-state index < -0.39 is 0 Å². The number of carbonyl (C=O) groups is 2. The molecule has 20 heavy (non-hydrogen) atoms. The van der Waals surface area contributed by atoms with Crippen LogP contribution in [0.25, 0.3) is 0 Å². The Balaban J connectivity index is 1.72. The molecule has 2 rings (SSSR count). The molecule has 0 radical (unpaired) electrons. The van der Waals surface area contributed by atoms with Crippen molar-refractivity contribution in [1.82, 2.24) is 10.6 Å². The van der Waals surface area contributed by atoms with Gasteiger partial charge in [0.05, 0.1) is 6.61 Å². The summed E-state index contributed by atoms with van der Waals surface area (Å²) in [4.78, 5) is 22.8. The highest BCUT2D eigenvalue weighted by molar-refractivity contribution is 5.90. The van der Waals surface area contributed by atoms with Crippen LogP contribution in [0.3, 0.4) is 0 Å².